The zero-order chi connectivity index (χ0) is 19.2. The normalized spacial score (nSPS) is 12.2. The lowest BCUT2D eigenvalue weighted by Gasteiger charge is -2.27. The number of anilines is 1. The van der Waals surface area contributed by atoms with Gasteiger partial charge in [-0.05, 0) is 58.1 Å². The third-order valence-corrected chi connectivity index (χ3v) is 6.11. The monoisotopic (exact) mass is 387 g/mol. The number of nitrogens with one attached hydrogen (secondary N) is 3. The molecule has 0 fully saturated rings. The molecule has 1 rings (SSSR count). The first-order chi connectivity index (χ1) is 11.6. The van der Waals surface area contributed by atoms with Crippen LogP contribution >= 0.6 is 12.2 Å². The molecule has 0 bridgehead atoms. The lowest BCUT2D eigenvalue weighted by molar-refractivity contribution is -0.941. The Hall–Kier alpha value is -1.22. The smallest absolute Gasteiger partial charge is 0.242 e. The van der Waals surface area contributed by atoms with Crippen molar-refractivity contribution in [3.8, 4) is 0 Å². The summed E-state index contributed by atoms with van der Waals surface area (Å²) in [5.74, 6) is 0. The highest BCUT2D eigenvalue weighted by Crippen LogP contribution is 2.17. The van der Waals surface area contributed by atoms with E-state index in [4.69, 9.17) is 12.2 Å². The molecule has 0 atom stereocenters. The van der Waals surface area contributed by atoms with Gasteiger partial charge in [-0.3, -0.25) is 0 Å². The Balaban J connectivity index is 2.64. The molecule has 0 saturated carbocycles. The minimum atomic E-state index is -3.46. The van der Waals surface area contributed by atoms with Crippen molar-refractivity contribution < 1.29 is 13.3 Å². The Morgan fingerprint density at radius 3 is 2.32 bits per heavy atom. The average molecular weight is 388 g/mol. The number of benzene rings is 1. The molecule has 0 amide bonds. The average Bonchev–Trinajstić information content (AvgIpc) is 2.50. The summed E-state index contributed by atoms with van der Waals surface area (Å²) in [6.45, 7) is 10.6. The van der Waals surface area contributed by atoms with Crippen LogP contribution in [0.5, 0.6) is 0 Å². The third-order valence-electron chi connectivity index (χ3n) is 4.05. The number of thiocarbonyl (C=S) groups is 1. The first kappa shape index (κ1) is 21.8. The molecule has 0 aliphatic rings. The van der Waals surface area contributed by atoms with E-state index in [0.717, 1.165) is 13.1 Å². The topological polar surface area (TPSA) is 65.9 Å². The van der Waals surface area contributed by atoms with Crippen molar-refractivity contribution in [3.05, 3.63) is 24.3 Å². The summed E-state index contributed by atoms with van der Waals surface area (Å²) in [4.78, 5) is 1.75. The number of hydrogen-bond acceptors (Lipinski definition) is 3. The molecule has 0 heterocycles. The van der Waals surface area contributed by atoms with Crippen LogP contribution in [0.2, 0.25) is 0 Å². The van der Waals surface area contributed by atoms with E-state index >= 15 is 0 Å². The van der Waals surface area contributed by atoms with E-state index in [2.05, 4.69) is 38.3 Å². The molecule has 3 N–H and O–H groups in total. The molecule has 0 saturated heterocycles. The van der Waals surface area contributed by atoms with Gasteiger partial charge in [0.2, 0.25) is 10.0 Å². The van der Waals surface area contributed by atoms with Gasteiger partial charge >= 0.3 is 0 Å². The highest BCUT2D eigenvalue weighted by Gasteiger charge is 2.18. The summed E-state index contributed by atoms with van der Waals surface area (Å²) in [5.41, 5.74) is 0.650. The molecule has 1 aromatic carbocycles. The van der Waals surface area contributed by atoms with Gasteiger partial charge in [-0.2, -0.15) is 0 Å². The maximum Gasteiger partial charge on any atom is 0.242 e. The first-order valence-corrected chi connectivity index (χ1v) is 10.3. The van der Waals surface area contributed by atoms with E-state index in [-0.39, 0.29) is 4.90 Å². The Labute approximate surface area is 157 Å². The lowest BCUT2D eigenvalue weighted by atomic mass is 10.2. The van der Waals surface area contributed by atoms with Crippen LogP contribution in [0.3, 0.4) is 0 Å². The van der Waals surface area contributed by atoms with E-state index in [0.29, 0.717) is 22.9 Å². The van der Waals surface area contributed by atoms with Crippen molar-refractivity contribution in [2.75, 3.05) is 32.5 Å². The first-order valence-electron chi connectivity index (χ1n) is 8.48. The maximum absolute atomic E-state index is 12.2. The van der Waals surface area contributed by atoms with Crippen molar-refractivity contribution in [3.63, 3.8) is 0 Å². The molecule has 0 spiro atoms. The largest absolute Gasteiger partial charge is 0.357 e. The molecule has 0 aliphatic carbocycles. The highest BCUT2D eigenvalue weighted by molar-refractivity contribution is 7.89. The van der Waals surface area contributed by atoms with Gasteiger partial charge in [0.1, 0.15) is 0 Å². The number of rotatable bonds is 8. The second kappa shape index (κ2) is 9.47. The third kappa shape index (κ3) is 6.54. The van der Waals surface area contributed by atoms with Gasteiger partial charge < -0.3 is 15.5 Å². The molecule has 142 valence electrons. The van der Waals surface area contributed by atoms with Crippen LogP contribution in [0.4, 0.5) is 5.69 Å². The summed E-state index contributed by atoms with van der Waals surface area (Å²) < 4.78 is 25.6. The van der Waals surface area contributed by atoms with Gasteiger partial charge in [0.15, 0.2) is 5.11 Å². The Morgan fingerprint density at radius 2 is 1.80 bits per heavy atom. The van der Waals surface area contributed by atoms with E-state index in [1.165, 1.54) is 23.3 Å². The summed E-state index contributed by atoms with van der Waals surface area (Å²) in [5, 5.41) is 6.74. The van der Waals surface area contributed by atoms with Gasteiger partial charge in [0, 0.05) is 19.8 Å². The van der Waals surface area contributed by atoms with Crippen LogP contribution in [0.25, 0.3) is 0 Å². The molecule has 25 heavy (non-hydrogen) atoms. The van der Waals surface area contributed by atoms with Crippen molar-refractivity contribution in [2.24, 2.45) is 0 Å². The molecule has 6 nitrogen and oxygen atoms in total. The molecule has 1 aromatic rings. The predicted octanol–water partition coefficient (Wildman–Crippen LogP) is 0.925. The van der Waals surface area contributed by atoms with Crippen molar-refractivity contribution >= 4 is 33.0 Å². The van der Waals surface area contributed by atoms with Crippen LogP contribution in [0.15, 0.2) is 29.2 Å². The van der Waals surface area contributed by atoms with Gasteiger partial charge in [0.05, 0.1) is 30.1 Å². The summed E-state index contributed by atoms with van der Waals surface area (Å²) >= 11 is 5.32. The standard InChI is InChI=1S/C17H30N4O2S2/c1-13(2)21(14(3)4)11-10-18-17(24)19-15-8-7-9-16(12-15)25(22,23)20(5)6/h7-9,12-14H,10-11H2,1-6H3,(H2,18,19,24)/p+1. The number of hydrogen-bond donors (Lipinski definition) is 3. The van der Waals surface area contributed by atoms with Gasteiger partial charge in [-0.1, -0.05) is 6.07 Å². The fraction of sp³-hybridized carbons (Fsp3) is 0.588. The number of sulfonamides is 1. The van der Waals surface area contributed by atoms with Crippen LogP contribution in [0, 0.1) is 0 Å². The fourth-order valence-electron chi connectivity index (χ4n) is 2.68. The fourth-order valence-corrected chi connectivity index (χ4v) is 3.85. The molecule has 0 unspecified atom stereocenters. The zero-order valence-electron chi connectivity index (χ0n) is 16.0. The Kier molecular flexibility index (Phi) is 8.27. The van der Waals surface area contributed by atoms with E-state index in [1.807, 2.05) is 0 Å². The van der Waals surface area contributed by atoms with Crippen LogP contribution in [-0.2, 0) is 10.0 Å². The zero-order valence-corrected chi connectivity index (χ0v) is 17.6. The highest BCUT2D eigenvalue weighted by atomic mass is 32.2. The SMILES string of the molecule is CC(C)[NH+](CCNC(=S)Nc1cccc(S(=O)(=O)N(C)C)c1)C(C)C. The summed E-state index contributed by atoms with van der Waals surface area (Å²) in [6, 6.07) is 7.76. The number of nitrogens with zero attached hydrogens (tertiary/aromatic N) is 1. The van der Waals surface area contributed by atoms with E-state index in [9.17, 15) is 8.42 Å². The second-order valence-electron chi connectivity index (χ2n) is 6.83. The Morgan fingerprint density at radius 1 is 1.20 bits per heavy atom. The quantitative estimate of drug-likeness (QED) is 0.579. The second-order valence-corrected chi connectivity index (χ2v) is 9.39. The minimum absolute atomic E-state index is 0.237. The molecule has 0 aliphatic heterocycles. The van der Waals surface area contributed by atoms with Crippen LogP contribution < -0.4 is 15.5 Å². The van der Waals surface area contributed by atoms with Crippen molar-refractivity contribution in [1.82, 2.24) is 9.62 Å². The predicted molar refractivity (Wildman–Crippen MR) is 108 cm³/mol. The van der Waals surface area contributed by atoms with Crippen molar-refractivity contribution in [2.45, 2.75) is 44.7 Å². The number of quaternary nitrogens is 1. The minimum Gasteiger partial charge on any atom is -0.357 e. The molecule has 0 radical (unpaired) electrons. The van der Waals surface area contributed by atoms with Crippen LogP contribution in [0.1, 0.15) is 27.7 Å². The molecule has 8 heteroatoms. The van der Waals surface area contributed by atoms with Crippen LogP contribution in [-0.4, -0.2) is 57.1 Å². The molecular weight excluding hydrogens is 356 g/mol. The lowest BCUT2D eigenvalue weighted by Crippen LogP contribution is -3.18. The maximum atomic E-state index is 12.2. The summed E-state index contributed by atoms with van der Waals surface area (Å²) in [6.07, 6.45) is 0. The van der Waals surface area contributed by atoms with Gasteiger partial charge in [-0.25, -0.2) is 12.7 Å². The summed E-state index contributed by atoms with van der Waals surface area (Å²) in [7, 11) is -0.430. The van der Waals surface area contributed by atoms with Gasteiger partial charge in [0.25, 0.3) is 0 Å². The Bertz CT molecular complexity index is 665. The molecular formula is C17H31N4O2S2+. The van der Waals surface area contributed by atoms with Crippen molar-refractivity contribution in [1.29, 1.82) is 0 Å². The van der Waals surface area contributed by atoms with E-state index < -0.39 is 10.0 Å². The van der Waals surface area contributed by atoms with E-state index in [1.54, 1.807) is 24.3 Å². The van der Waals surface area contributed by atoms with Gasteiger partial charge in [-0.15, -0.1) is 0 Å². The molecule has 0 aromatic heterocycles.